The number of ether oxygens (including phenoxy) is 1. The first-order valence-corrected chi connectivity index (χ1v) is 6.77. The standard InChI is InChI=1S/C16H17F5O2/c1-3-23-13(15(17,18)16(19,20)21)11-14(2,22)10-9-12-7-5-4-6-8-12/h4-11,22H,3H2,1-2H3/b10-9+,13-11-. The van der Waals surface area contributed by atoms with Gasteiger partial charge >= 0.3 is 12.1 Å². The number of hydrogen-bond donors (Lipinski definition) is 1. The lowest BCUT2D eigenvalue weighted by Gasteiger charge is -2.25. The summed E-state index contributed by atoms with van der Waals surface area (Å²) in [7, 11) is 0. The van der Waals surface area contributed by atoms with E-state index in [2.05, 4.69) is 4.74 Å². The van der Waals surface area contributed by atoms with Gasteiger partial charge in [-0.05, 0) is 31.6 Å². The van der Waals surface area contributed by atoms with Crippen LogP contribution in [0.15, 0.2) is 48.2 Å². The fourth-order valence-electron chi connectivity index (χ4n) is 1.66. The van der Waals surface area contributed by atoms with Crippen LogP contribution in [0.3, 0.4) is 0 Å². The van der Waals surface area contributed by atoms with E-state index < -0.39 is 30.1 Å². The summed E-state index contributed by atoms with van der Waals surface area (Å²) >= 11 is 0. The third-order valence-electron chi connectivity index (χ3n) is 2.80. The fourth-order valence-corrected chi connectivity index (χ4v) is 1.66. The van der Waals surface area contributed by atoms with Gasteiger partial charge in [0.1, 0.15) is 5.60 Å². The van der Waals surface area contributed by atoms with Gasteiger partial charge in [-0.2, -0.15) is 22.0 Å². The molecule has 0 spiro atoms. The summed E-state index contributed by atoms with van der Waals surface area (Å²) < 4.78 is 68.6. The number of rotatable bonds is 6. The van der Waals surface area contributed by atoms with Crippen LogP contribution in [-0.2, 0) is 4.74 Å². The lowest BCUT2D eigenvalue weighted by atomic mass is 10.0. The molecular formula is C16H17F5O2. The second-order valence-corrected chi connectivity index (χ2v) is 4.98. The van der Waals surface area contributed by atoms with Crippen molar-refractivity contribution < 1.29 is 31.8 Å². The Morgan fingerprint density at radius 1 is 1.13 bits per heavy atom. The minimum atomic E-state index is -5.81. The monoisotopic (exact) mass is 336 g/mol. The van der Waals surface area contributed by atoms with Gasteiger partial charge in [0.25, 0.3) is 0 Å². The molecule has 7 heteroatoms. The zero-order chi connectivity index (χ0) is 17.7. The van der Waals surface area contributed by atoms with Crippen molar-refractivity contribution in [2.24, 2.45) is 0 Å². The molecule has 0 saturated carbocycles. The van der Waals surface area contributed by atoms with Gasteiger partial charge in [-0.15, -0.1) is 0 Å². The Hall–Kier alpha value is -1.89. The van der Waals surface area contributed by atoms with Crippen LogP contribution in [0.2, 0.25) is 0 Å². The van der Waals surface area contributed by atoms with Crippen LogP contribution in [0.1, 0.15) is 19.4 Å². The topological polar surface area (TPSA) is 29.5 Å². The summed E-state index contributed by atoms with van der Waals surface area (Å²) in [4.78, 5) is 0. The maximum absolute atomic E-state index is 13.4. The number of aliphatic hydroxyl groups is 1. The van der Waals surface area contributed by atoms with Crippen LogP contribution in [0.5, 0.6) is 0 Å². The van der Waals surface area contributed by atoms with E-state index in [0.29, 0.717) is 11.6 Å². The molecule has 0 heterocycles. The van der Waals surface area contributed by atoms with Gasteiger partial charge in [0.2, 0.25) is 0 Å². The maximum Gasteiger partial charge on any atom is 0.461 e. The lowest BCUT2D eigenvalue weighted by Crippen LogP contribution is -2.40. The molecule has 1 unspecified atom stereocenters. The Morgan fingerprint density at radius 3 is 2.17 bits per heavy atom. The Morgan fingerprint density at radius 2 is 1.70 bits per heavy atom. The zero-order valence-electron chi connectivity index (χ0n) is 12.6. The minimum absolute atomic E-state index is 0.365. The first-order chi connectivity index (χ1) is 10.5. The molecule has 0 radical (unpaired) electrons. The van der Waals surface area contributed by atoms with Crippen molar-refractivity contribution in [1.82, 2.24) is 0 Å². The number of allylic oxidation sites excluding steroid dienone is 1. The van der Waals surface area contributed by atoms with Crippen LogP contribution in [-0.4, -0.2) is 29.4 Å². The predicted molar refractivity (Wildman–Crippen MR) is 76.8 cm³/mol. The van der Waals surface area contributed by atoms with Gasteiger partial charge < -0.3 is 9.84 Å². The Bertz CT molecular complexity index is 560. The zero-order valence-corrected chi connectivity index (χ0v) is 12.6. The van der Waals surface area contributed by atoms with Crippen molar-refractivity contribution in [3.8, 4) is 0 Å². The summed E-state index contributed by atoms with van der Waals surface area (Å²) in [5.74, 6) is -6.82. The van der Waals surface area contributed by atoms with Gasteiger partial charge in [0.15, 0.2) is 5.76 Å². The highest BCUT2D eigenvalue weighted by molar-refractivity contribution is 5.51. The van der Waals surface area contributed by atoms with Crippen molar-refractivity contribution >= 4 is 6.08 Å². The maximum atomic E-state index is 13.4. The molecule has 23 heavy (non-hydrogen) atoms. The van der Waals surface area contributed by atoms with E-state index in [9.17, 15) is 27.1 Å². The summed E-state index contributed by atoms with van der Waals surface area (Å²) in [6.45, 7) is 1.96. The normalized spacial score (nSPS) is 16.4. The molecule has 1 atom stereocenters. The summed E-state index contributed by atoms with van der Waals surface area (Å²) in [6, 6.07) is 8.56. The van der Waals surface area contributed by atoms with Crippen LogP contribution in [0.25, 0.3) is 6.08 Å². The van der Waals surface area contributed by atoms with E-state index in [1.807, 2.05) is 0 Å². The first-order valence-electron chi connectivity index (χ1n) is 6.77. The smallest absolute Gasteiger partial charge is 0.461 e. The number of benzene rings is 1. The largest absolute Gasteiger partial charge is 0.492 e. The summed E-state index contributed by atoms with van der Waals surface area (Å²) in [5, 5.41) is 10.1. The third kappa shape index (κ3) is 5.35. The van der Waals surface area contributed by atoms with Crippen LogP contribution < -0.4 is 0 Å². The second-order valence-electron chi connectivity index (χ2n) is 4.98. The Labute approximate surface area is 130 Å². The fraction of sp³-hybridized carbons (Fsp3) is 0.375. The summed E-state index contributed by atoms with van der Waals surface area (Å²) in [6.07, 6.45) is -2.93. The molecule has 1 rings (SSSR count). The van der Waals surface area contributed by atoms with Crippen molar-refractivity contribution in [2.45, 2.75) is 31.5 Å². The Kier molecular flexibility index (Phi) is 5.93. The van der Waals surface area contributed by atoms with E-state index in [-0.39, 0.29) is 0 Å². The molecule has 1 aromatic carbocycles. The third-order valence-corrected chi connectivity index (χ3v) is 2.80. The average molecular weight is 336 g/mol. The number of hydrogen-bond acceptors (Lipinski definition) is 2. The number of halogens is 5. The van der Waals surface area contributed by atoms with E-state index in [1.165, 1.54) is 13.0 Å². The van der Waals surface area contributed by atoms with Crippen LogP contribution in [0, 0.1) is 0 Å². The molecule has 1 N–H and O–H groups in total. The molecule has 2 nitrogen and oxygen atoms in total. The molecular weight excluding hydrogens is 319 g/mol. The first kappa shape index (κ1) is 19.2. The van der Waals surface area contributed by atoms with Crippen molar-refractivity contribution in [3.63, 3.8) is 0 Å². The molecule has 0 bridgehead atoms. The highest BCUT2D eigenvalue weighted by atomic mass is 19.4. The molecule has 0 fully saturated rings. The minimum Gasteiger partial charge on any atom is -0.492 e. The lowest BCUT2D eigenvalue weighted by molar-refractivity contribution is -0.277. The summed E-state index contributed by atoms with van der Waals surface area (Å²) in [5.41, 5.74) is -1.39. The van der Waals surface area contributed by atoms with Gasteiger partial charge in [-0.1, -0.05) is 36.4 Å². The van der Waals surface area contributed by atoms with Crippen LogP contribution in [0.4, 0.5) is 22.0 Å². The molecule has 0 saturated heterocycles. The van der Waals surface area contributed by atoms with Crippen molar-refractivity contribution in [2.75, 3.05) is 6.61 Å². The van der Waals surface area contributed by atoms with Gasteiger partial charge in [0.05, 0.1) is 6.61 Å². The second kappa shape index (κ2) is 7.12. The number of alkyl halides is 5. The molecule has 1 aromatic rings. The highest BCUT2D eigenvalue weighted by Gasteiger charge is 2.61. The van der Waals surface area contributed by atoms with Crippen LogP contribution >= 0.6 is 0 Å². The van der Waals surface area contributed by atoms with Gasteiger partial charge in [0, 0.05) is 0 Å². The van der Waals surface area contributed by atoms with Gasteiger partial charge in [-0.3, -0.25) is 0 Å². The molecule has 0 amide bonds. The average Bonchev–Trinajstić information content (AvgIpc) is 2.44. The van der Waals surface area contributed by atoms with E-state index in [0.717, 1.165) is 13.0 Å². The van der Waals surface area contributed by atoms with Crippen molar-refractivity contribution in [3.05, 3.63) is 53.8 Å². The molecule has 128 valence electrons. The van der Waals surface area contributed by atoms with E-state index in [4.69, 9.17) is 0 Å². The highest BCUT2D eigenvalue weighted by Crippen LogP contribution is 2.42. The quantitative estimate of drug-likeness (QED) is 0.609. The molecule has 0 aliphatic carbocycles. The SMILES string of the molecule is CCO/C(=C\C(C)(O)/C=C/c1ccccc1)C(F)(F)C(F)(F)F. The van der Waals surface area contributed by atoms with E-state index >= 15 is 0 Å². The Balaban J connectivity index is 3.12. The van der Waals surface area contributed by atoms with Gasteiger partial charge in [-0.25, -0.2) is 0 Å². The molecule has 0 aromatic heterocycles. The van der Waals surface area contributed by atoms with Crippen molar-refractivity contribution in [1.29, 1.82) is 0 Å². The molecule has 0 aliphatic rings. The predicted octanol–water partition coefficient (Wildman–Crippen LogP) is 4.57. The van der Waals surface area contributed by atoms with E-state index in [1.54, 1.807) is 30.3 Å². The molecule has 0 aliphatic heterocycles.